The van der Waals surface area contributed by atoms with Gasteiger partial charge < -0.3 is 5.32 Å². The van der Waals surface area contributed by atoms with Gasteiger partial charge in [-0.15, -0.1) is 0 Å². The van der Waals surface area contributed by atoms with Crippen molar-refractivity contribution in [3.05, 3.63) is 40.9 Å². The van der Waals surface area contributed by atoms with E-state index in [0.717, 1.165) is 29.1 Å². The van der Waals surface area contributed by atoms with Gasteiger partial charge in [-0.05, 0) is 50.2 Å². The fourth-order valence-electron chi connectivity index (χ4n) is 1.31. The molecule has 0 spiro atoms. The molecule has 0 aliphatic rings. The summed E-state index contributed by atoms with van der Waals surface area (Å²) in [6.45, 7) is 6.88. The Morgan fingerprint density at radius 3 is 2.71 bits per heavy atom. The monoisotopic (exact) mass is 209 g/mol. The molecule has 0 fully saturated rings. The summed E-state index contributed by atoms with van der Waals surface area (Å²) >= 11 is 6.01. The largest absolute Gasteiger partial charge is 0.319 e. The van der Waals surface area contributed by atoms with Gasteiger partial charge in [0.1, 0.15) is 0 Å². The molecule has 0 aromatic heterocycles. The van der Waals surface area contributed by atoms with Gasteiger partial charge in [0, 0.05) is 5.02 Å². The van der Waals surface area contributed by atoms with Crippen molar-refractivity contribution < 1.29 is 0 Å². The molecule has 76 valence electrons. The predicted molar refractivity (Wildman–Crippen MR) is 63.8 cm³/mol. The number of benzene rings is 1. The Hall–Kier alpha value is -0.790. The van der Waals surface area contributed by atoms with Gasteiger partial charge in [-0.3, -0.25) is 0 Å². The van der Waals surface area contributed by atoms with Crippen molar-refractivity contribution in [2.75, 3.05) is 13.6 Å². The van der Waals surface area contributed by atoms with Gasteiger partial charge in [0.15, 0.2) is 0 Å². The van der Waals surface area contributed by atoms with E-state index in [2.05, 4.69) is 18.0 Å². The molecule has 0 bridgehead atoms. The van der Waals surface area contributed by atoms with Crippen LogP contribution in [-0.2, 0) is 6.42 Å². The average Bonchev–Trinajstić information content (AvgIpc) is 2.14. The fourth-order valence-corrected chi connectivity index (χ4v) is 1.57. The van der Waals surface area contributed by atoms with Crippen LogP contribution in [0.1, 0.15) is 18.1 Å². The summed E-state index contributed by atoms with van der Waals surface area (Å²) in [6, 6.07) is 6.10. The molecule has 1 N–H and O–H groups in total. The Labute approximate surface area is 90.8 Å². The van der Waals surface area contributed by atoms with Crippen LogP contribution in [-0.4, -0.2) is 13.6 Å². The standard InChI is InChI=1S/C12H16ClN/c1-9(2)11-6-10(4-5-14-3)7-12(13)8-11/h6-8,14H,1,4-5H2,2-3H3. The zero-order chi connectivity index (χ0) is 10.6. The normalized spacial score (nSPS) is 10.2. The number of likely N-dealkylation sites (N-methyl/N-ethyl adjacent to an activating group) is 1. The number of hydrogen-bond donors (Lipinski definition) is 1. The van der Waals surface area contributed by atoms with Gasteiger partial charge in [0.25, 0.3) is 0 Å². The molecule has 0 amide bonds. The van der Waals surface area contributed by atoms with Crippen molar-refractivity contribution in [2.45, 2.75) is 13.3 Å². The predicted octanol–water partition coefficient (Wildman–Crippen LogP) is 3.14. The topological polar surface area (TPSA) is 12.0 Å². The summed E-state index contributed by atoms with van der Waals surface area (Å²) in [7, 11) is 1.95. The van der Waals surface area contributed by atoms with Crippen molar-refractivity contribution >= 4 is 17.2 Å². The first kappa shape index (κ1) is 11.3. The van der Waals surface area contributed by atoms with Crippen molar-refractivity contribution in [2.24, 2.45) is 0 Å². The third-order valence-corrected chi connectivity index (χ3v) is 2.33. The molecule has 1 aromatic rings. The summed E-state index contributed by atoms with van der Waals surface area (Å²) in [4.78, 5) is 0. The van der Waals surface area contributed by atoms with E-state index >= 15 is 0 Å². The lowest BCUT2D eigenvalue weighted by atomic mass is 10.0. The van der Waals surface area contributed by atoms with Crippen LogP contribution >= 0.6 is 11.6 Å². The zero-order valence-electron chi connectivity index (χ0n) is 8.73. The maximum Gasteiger partial charge on any atom is 0.0414 e. The highest BCUT2D eigenvalue weighted by Crippen LogP contribution is 2.20. The summed E-state index contributed by atoms with van der Waals surface area (Å²) in [5.74, 6) is 0. The Kier molecular flexibility index (Phi) is 4.18. The summed E-state index contributed by atoms with van der Waals surface area (Å²) in [5, 5.41) is 3.91. The van der Waals surface area contributed by atoms with Gasteiger partial charge >= 0.3 is 0 Å². The number of allylic oxidation sites excluding steroid dienone is 1. The number of halogens is 1. The summed E-state index contributed by atoms with van der Waals surface area (Å²) < 4.78 is 0. The first-order chi connectivity index (χ1) is 6.63. The minimum absolute atomic E-state index is 0.789. The van der Waals surface area contributed by atoms with Gasteiger partial charge in [-0.25, -0.2) is 0 Å². The van der Waals surface area contributed by atoms with Gasteiger partial charge in [-0.2, -0.15) is 0 Å². The highest BCUT2D eigenvalue weighted by atomic mass is 35.5. The van der Waals surface area contributed by atoms with Crippen LogP contribution < -0.4 is 5.32 Å². The Morgan fingerprint density at radius 2 is 2.14 bits per heavy atom. The van der Waals surface area contributed by atoms with Gasteiger partial charge in [0.05, 0.1) is 0 Å². The molecule has 14 heavy (non-hydrogen) atoms. The summed E-state index contributed by atoms with van der Waals surface area (Å²) in [6.07, 6.45) is 0.997. The highest BCUT2D eigenvalue weighted by molar-refractivity contribution is 6.30. The van der Waals surface area contributed by atoms with E-state index < -0.39 is 0 Å². The third-order valence-electron chi connectivity index (χ3n) is 2.11. The zero-order valence-corrected chi connectivity index (χ0v) is 9.49. The first-order valence-electron chi connectivity index (χ1n) is 4.73. The third kappa shape index (κ3) is 3.17. The molecular weight excluding hydrogens is 194 g/mol. The molecule has 0 atom stereocenters. The lowest BCUT2D eigenvalue weighted by Crippen LogP contribution is -2.10. The lowest BCUT2D eigenvalue weighted by molar-refractivity contribution is 0.791. The molecule has 1 aromatic carbocycles. The molecule has 0 unspecified atom stereocenters. The van der Waals surface area contributed by atoms with E-state index in [1.807, 2.05) is 26.1 Å². The maximum absolute atomic E-state index is 6.01. The van der Waals surface area contributed by atoms with E-state index in [-0.39, 0.29) is 0 Å². The Bertz CT molecular complexity index is 331. The van der Waals surface area contributed by atoms with E-state index in [1.165, 1.54) is 5.56 Å². The molecule has 2 heteroatoms. The highest BCUT2D eigenvalue weighted by Gasteiger charge is 2.00. The molecule has 0 aliphatic carbocycles. The van der Waals surface area contributed by atoms with E-state index in [0.29, 0.717) is 0 Å². The van der Waals surface area contributed by atoms with Gasteiger partial charge in [0.2, 0.25) is 0 Å². The molecular formula is C12H16ClN. The smallest absolute Gasteiger partial charge is 0.0414 e. The van der Waals surface area contributed by atoms with E-state index in [1.54, 1.807) is 0 Å². The molecule has 1 nitrogen and oxygen atoms in total. The van der Waals surface area contributed by atoms with Crippen LogP contribution in [0.15, 0.2) is 24.8 Å². The van der Waals surface area contributed by atoms with E-state index in [4.69, 9.17) is 11.6 Å². The minimum atomic E-state index is 0.789. The Balaban J connectivity index is 2.89. The molecule has 0 heterocycles. The van der Waals surface area contributed by atoms with Gasteiger partial charge in [-0.1, -0.05) is 29.8 Å². The van der Waals surface area contributed by atoms with Crippen molar-refractivity contribution in [3.8, 4) is 0 Å². The second-order valence-electron chi connectivity index (χ2n) is 3.48. The van der Waals surface area contributed by atoms with Crippen molar-refractivity contribution in [3.63, 3.8) is 0 Å². The van der Waals surface area contributed by atoms with Crippen LogP contribution in [0.4, 0.5) is 0 Å². The molecule has 0 saturated heterocycles. The van der Waals surface area contributed by atoms with Crippen LogP contribution in [0.5, 0.6) is 0 Å². The number of rotatable bonds is 4. The summed E-state index contributed by atoms with van der Waals surface area (Å²) in [5.41, 5.74) is 3.44. The Morgan fingerprint density at radius 1 is 1.43 bits per heavy atom. The van der Waals surface area contributed by atoms with Crippen LogP contribution in [0.2, 0.25) is 5.02 Å². The minimum Gasteiger partial charge on any atom is -0.319 e. The quantitative estimate of drug-likeness (QED) is 0.804. The lowest BCUT2D eigenvalue weighted by Gasteiger charge is -2.06. The fraction of sp³-hybridized carbons (Fsp3) is 0.333. The maximum atomic E-state index is 6.01. The van der Waals surface area contributed by atoms with Crippen LogP contribution in [0.25, 0.3) is 5.57 Å². The number of hydrogen-bond acceptors (Lipinski definition) is 1. The number of nitrogens with one attached hydrogen (secondary N) is 1. The van der Waals surface area contributed by atoms with Crippen molar-refractivity contribution in [1.29, 1.82) is 0 Å². The molecule has 0 radical (unpaired) electrons. The van der Waals surface area contributed by atoms with E-state index in [9.17, 15) is 0 Å². The van der Waals surface area contributed by atoms with Crippen LogP contribution in [0, 0.1) is 0 Å². The van der Waals surface area contributed by atoms with Crippen LogP contribution in [0.3, 0.4) is 0 Å². The SMILES string of the molecule is C=C(C)c1cc(Cl)cc(CCNC)c1. The second-order valence-corrected chi connectivity index (χ2v) is 3.92. The molecule has 1 rings (SSSR count). The molecule has 0 aliphatic heterocycles. The average molecular weight is 210 g/mol. The molecule has 0 saturated carbocycles. The van der Waals surface area contributed by atoms with Crippen molar-refractivity contribution in [1.82, 2.24) is 5.32 Å². The second kappa shape index (κ2) is 5.18. The first-order valence-corrected chi connectivity index (χ1v) is 5.11.